The molecule has 114 valence electrons. The quantitative estimate of drug-likeness (QED) is 0.689. The van der Waals surface area contributed by atoms with E-state index in [4.69, 9.17) is 0 Å². The molecule has 1 spiro atoms. The monoisotopic (exact) mass is 277 g/mol. The first-order chi connectivity index (χ1) is 9.53. The van der Waals surface area contributed by atoms with Crippen LogP contribution in [0.5, 0.6) is 0 Å². The summed E-state index contributed by atoms with van der Waals surface area (Å²) in [5.41, 5.74) is 0.665. The van der Waals surface area contributed by atoms with Gasteiger partial charge in [0.25, 0.3) is 0 Å². The maximum atomic E-state index is 13.0. The number of carbonyl (C=O) groups excluding carboxylic acids is 1. The van der Waals surface area contributed by atoms with Crippen molar-refractivity contribution in [3.05, 3.63) is 0 Å². The first-order valence-corrected chi connectivity index (χ1v) is 8.84. The molecule has 2 saturated carbocycles. The number of hydrogen-bond acceptors (Lipinski definition) is 1. The van der Waals surface area contributed by atoms with Gasteiger partial charge in [0.15, 0.2) is 0 Å². The van der Waals surface area contributed by atoms with Gasteiger partial charge in [-0.15, -0.1) is 0 Å². The smallest absolute Gasteiger partial charge is 0.226 e. The highest BCUT2D eigenvalue weighted by atomic mass is 16.2. The first-order valence-electron chi connectivity index (χ1n) is 8.84. The molecule has 0 unspecified atom stereocenters. The van der Waals surface area contributed by atoms with Crippen molar-refractivity contribution in [2.24, 2.45) is 11.3 Å². The molecule has 1 heterocycles. The van der Waals surface area contributed by atoms with Gasteiger partial charge in [0.1, 0.15) is 0 Å². The fourth-order valence-electron chi connectivity index (χ4n) is 5.02. The SMILES string of the molecule is CC1(C)CC(C(=O)N2CCCCC23CCCCCC3)C1. The Balaban J connectivity index is 1.73. The lowest BCUT2D eigenvalue weighted by atomic mass is 9.63. The van der Waals surface area contributed by atoms with Gasteiger partial charge in [-0.3, -0.25) is 4.79 Å². The maximum Gasteiger partial charge on any atom is 0.226 e. The summed E-state index contributed by atoms with van der Waals surface area (Å²) in [6.07, 6.45) is 14.0. The van der Waals surface area contributed by atoms with E-state index in [1.807, 2.05) is 0 Å². The molecule has 0 N–H and O–H groups in total. The summed E-state index contributed by atoms with van der Waals surface area (Å²) in [5, 5.41) is 0. The summed E-state index contributed by atoms with van der Waals surface area (Å²) >= 11 is 0. The zero-order chi connectivity index (χ0) is 14.2. The van der Waals surface area contributed by atoms with E-state index >= 15 is 0 Å². The number of amides is 1. The van der Waals surface area contributed by atoms with Gasteiger partial charge < -0.3 is 4.90 Å². The zero-order valence-electron chi connectivity index (χ0n) is 13.4. The molecule has 2 aliphatic carbocycles. The highest BCUT2D eigenvalue weighted by molar-refractivity contribution is 5.81. The van der Waals surface area contributed by atoms with E-state index < -0.39 is 0 Å². The lowest BCUT2D eigenvalue weighted by molar-refractivity contribution is -0.152. The van der Waals surface area contributed by atoms with Crippen LogP contribution in [0.25, 0.3) is 0 Å². The van der Waals surface area contributed by atoms with Gasteiger partial charge >= 0.3 is 0 Å². The van der Waals surface area contributed by atoms with E-state index in [0.29, 0.717) is 17.2 Å². The van der Waals surface area contributed by atoms with Crippen molar-refractivity contribution in [2.45, 2.75) is 90.0 Å². The van der Waals surface area contributed by atoms with Gasteiger partial charge in [-0.1, -0.05) is 39.5 Å². The van der Waals surface area contributed by atoms with Crippen molar-refractivity contribution in [1.82, 2.24) is 4.90 Å². The largest absolute Gasteiger partial charge is 0.337 e. The fraction of sp³-hybridized carbons (Fsp3) is 0.944. The van der Waals surface area contributed by atoms with Gasteiger partial charge in [0.05, 0.1) is 0 Å². The van der Waals surface area contributed by atoms with Crippen LogP contribution >= 0.6 is 0 Å². The molecule has 0 radical (unpaired) electrons. The van der Waals surface area contributed by atoms with Crippen LogP contribution < -0.4 is 0 Å². The normalized spacial score (nSPS) is 29.8. The predicted molar refractivity (Wildman–Crippen MR) is 82.5 cm³/mol. The molecule has 1 amide bonds. The third-order valence-corrected chi connectivity index (χ3v) is 6.09. The Kier molecular flexibility index (Phi) is 3.85. The van der Waals surface area contributed by atoms with Crippen LogP contribution in [0.1, 0.15) is 84.5 Å². The van der Waals surface area contributed by atoms with E-state index in [1.165, 1.54) is 57.8 Å². The lowest BCUT2D eigenvalue weighted by Crippen LogP contribution is -2.58. The van der Waals surface area contributed by atoms with Gasteiger partial charge in [0, 0.05) is 18.0 Å². The molecule has 0 aromatic heterocycles. The third-order valence-electron chi connectivity index (χ3n) is 6.09. The van der Waals surface area contributed by atoms with Crippen LogP contribution in [0.15, 0.2) is 0 Å². The second-order valence-electron chi connectivity index (χ2n) is 8.35. The van der Waals surface area contributed by atoms with Crippen molar-refractivity contribution in [3.8, 4) is 0 Å². The summed E-state index contributed by atoms with van der Waals surface area (Å²) in [6.45, 7) is 5.64. The van der Waals surface area contributed by atoms with Crippen LogP contribution in [0.2, 0.25) is 0 Å². The second-order valence-corrected chi connectivity index (χ2v) is 8.35. The first kappa shape index (κ1) is 14.4. The topological polar surface area (TPSA) is 20.3 Å². The van der Waals surface area contributed by atoms with Crippen LogP contribution in [0.4, 0.5) is 0 Å². The molecule has 2 heteroatoms. The number of hydrogen-bond donors (Lipinski definition) is 0. The number of nitrogens with zero attached hydrogens (tertiary/aromatic N) is 1. The number of likely N-dealkylation sites (tertiary alicyclic amines) is 1. The summed E-state index contributed by atoms with van der Waals surface area (Å²) in [4.78, 5) is 15.3. The molecule has 0 aromatic rings. The Morgan fingerprint density at radius 2 is 1.45 bits per heavy atom. The molecule has 1 saturated heterocycles. The fourth-order valence-corrected chi connectivity index (χ4v) is 5.02. The Labute approximate surface area is 124 Å². The second kappa shape index (κ2) is 5.35. The van der Waals surface area contributed by atoms with Crippen molar-refractivity contribution < 1.29 is 4.79 Å². The zero-order valence-corrected chi connectivity index (χ0v) is 13.4. The lowest BCUT2D eigenvalue weighted by Gasteiger charge is -2.51. The minimum Gasteiger partial charge on any atom is -0.337 e. The predicted octanol–water partition coefficient (Wildman–Crippen LogP) is 4.53. The Morgan fingerprint density at radius 1 is 0.900 bits per heavy atom. The summed E-state index contributed by atoms with van der Waals surface area (Å²) in [5.74, 6) is 0.842. The van der Waals surface area contributed by atoms with E-state index in [1.54, 1.807) is 0 Å². The molecular weight excluding hydrogens is 246 g/mol. The van der Waals surface area contributed by atoms with Crippen molar-refractivity contribution in [1.29, 1.82) is 0 Å². The molecule has 3 fully saturated rings. The molecule has 0 bridgehead atoms. The molecule has 0 atom stereocenters. The molecule has 1 aliphatic heterocycles. The van der Waals surface area contributed by atoms with E-state index in [0.717, 1.165) is 19.4 Å². The third kappa shape index (κ3) is 2.63. The number of rotatable bonds is 1. The van der Waals surface area contributed by atoms with Gasteiger partial charge in [0.2, 0.25) is 5.91 Å². The minimum atomic E-state index is 0.256. The van der Waals surface area contributed by atoms with Crippen LogP contribution in [-0.2, 0) is 4.79 Å². The van der Waals surface area contributed by atoms with Crippen LogP contribution in [0, 0.1) is 11.3 Å². The molecule has 20 heavy (non-hydrogen) atoms. The summed E-state index contributed by atoms with van der Waals surface area (Å²) < 4.78 is 0. The maximum absolute atomic E-state index is 13.0. The number of carbonyl (C=O) groups is 1. The summed E-state index contributed by atoms with van der Waals surface area (Å²) in [7, 11) is 0. The molecule has 2 nitrogen and oxygen atoms in total. The molecule has 0 aromatic carbocycles. The standard InChI is InChI=1S/C18H31NO/c1-17(2)13-15(14-17)16(20)19-12-8-7-11-18(19)9-5-3-4-6-10-18/h15H,3-14H2,1-2H3. The van der Waals surface area contributed by atoms with Crippen molar-refractivity contribution >= 4 is 5.91 Å². The van der Waals surface area contributed by atoms with Gasteiger partial charge in [-0.2, -0.15) is 0 Å². The average Bonchev–Trinajstić information content (AvgIpc) is 2.62. The van der Waals surface area contributed by atoms with Crippen molar-refractivity contribution in [3.63, 3.8) is 0 Å². The van der Waals surface area contributed by atoms with E-state index in [2.05, 4.69) is 18.7 Å². The Bertz CT molecular complexity index is 358. The molecular formula is C18H31NO. The Morgan fingerprint density at radius 3 is 2.00 bits per heavy atom. The molecule has 3 rings (SSSR count). The number of piperidine rings is 1. The average molecular weight is 277 g/mol. The highest BCUT2D eigenvalue weighted by Gasteiger charge is 2.47. The van der Waals surface area contributed by atoms with Gasteiger partial charge in [-0.05, 0) is 50.4 Å². The summed E-state index contributed by atoms with van der Waals surface area (Å²) in [6, 6.07) is 0. The molecule has 3 aliphatic rings. The minimum absolute atomic E-state index is 0.256. The van der Waals surface area contributed by atoms with Crippen LogP contribution in [0.3, 0.4) is 0 Å². The van der Waals surface area contributed by atoms with Crippen LogP contribution in [-0.4, -0.2) is 22.9 Å². The van der Waals surface area contributed by atoms with Crippen molar-refractivity contribution in [2.75, 3.05) is 6.54 Å². The highest BCUT2D eigenvalue weighted by Crippen LogP contribution is 2.48. The van der Waals surface area contributed by atoms with E-state index in [9.17, 15) is 4.79 Å². The Hall–Kier alpha value is -0.530. The van der Waals surface area contributed by atoms with Gasteiger partial charge in [-0.25, -0.2) is 0 Å². The van der Waals surface area contributed by atoms with E-state index in [-0.39, 0.29) is 5.54 Å².